The molecule has 112 valence electrons. The third-order valence-electron chi connectivity index (χ3n) is 4.86. The van der Waals surface area contributed by atoms with Crippen LogP contribution in [-0.2, 0) is 4.79 Å². The Hall–Kier alpha value is -0.610. The zero-order chi connectivity index (χ0) is 14.8. The number of carbonyl (C=O) groups is 1. The lowest BCUT2D eigenvalue weighted by Gasteiger charge is -2.42. The van der Waals surface area contributed by atoms with Gasteiger partial charge in [0.05, 0.1) is 5.54 Å². The van der Waals surface area contributed by atoms with E-state index in [0.29, 0.717) is 17.9 Å². The molecule has 0 aromatic rings. The predicted molar refractivity (Wildman–Crippen MR) is 79.7 cm³/mol. The van der Waals surface area contributed by atoms with E-state index in [9.17, 15) is 4.79 Å². The van der Waals surface area contributed by atoms with Crippen molar-refractivity contribution in [3.63, 3.8) is 0 Å². The topological polar surface area (TPSA) is 72.3 Å². The minimum absolute atomic E-state index is 0.272. The number of carbonyl (C=O) groups excluding carboxylic acids is 1. The molecule has 19 heavy (non-hydrogen) atoms. The Bertz CT molecular complexity index is 315. The highest BCUT2D eigenvalue weighted by Crippen LogP contribution is 2.37. The Kier molecular flexibility index (Phi) is 5.02. The molecule has 1 amide bonds. The highest BCUT2D eigenvalue weighted by atomic mass is 16.1. The van der Waals surface area contributed by atoms with Crippen molar-refractivity contribution in [2.75, 3.05) is 7.05 Å². The molecule has 1 aliphatic carbocycles. The maximum absolute atomic E-state index is 11.3. The molecule has 2 atom stereocenters. The Morgan fingerprint density at radius 1 is 1.42 bits per heavy atom. The van der Waals surface area contributed by atoms with E-state index in [0.717, 1.165) is 0 Å². The van der Waals surface area contributed by atoms with Gasteiger partial charge in [0.25, 0.3) is 0 Å². The van der Waals surface area contributed by atoms with Crippen LogP contribution < -0.4 is 11.5 Å². The normalized spacial score (nSPS) is 25.0. The van der Waals surface area contributed by atoms with Crippen LogP contribution in [0.4, 0.5) is 0 Å². The minimum Gasteiger partial charge on any atom is -0.368 e. The highest BCUT2D eigenvalue weighted by molar-refractivity contribution is 5.83. The van der Waals surface area contributed by atoms with E-state index in [2.05, 4.69) is 32.7 Å². The molecule has 0 saturated heterocycles. The van der Waals surface area contributed by atoms with Gasteiger partial charge in [0.15, 0.2) is 0 Å². The Morgan fingerprint density at radius 3 is 2.32 bits per heavy atom. The lowest BCUT2D eigenvalue weighted by Crippen LogP contribution is -2.54. The number of rotatable bonds is 5. The van der Waals surface area contributed by atoms with Crippen molar-refractivity contribution in [2.45, 2.75) is 77.4 Å². The molecule has 1 rings (SSSR count). The van der Waals surface area contributed by atoms with E-state index in [-0.39, 0.29) is 6.04 Å². The SMILES string of the molecule is CC(CC(C)(N)C(N)=O)N(C)C1CCC(C)(C)CC1. The largest absolute Gasteiger partial charge is 0.368 e. The van der Waals surface area contributed by atoms with Gasteiger partial charge in [0, 0.05) is 12.1 Å². The fraction of sp³-hybridized carbons (Fsp3) is 0.933. The lowest BCUT2D eigenvalue weighted by molar-refractivity contribution is -0.123. The van der Waals surface area contributed by atoms with Crippen LogP contribution in [0.1, 0.15) is 59.8 Å². The molecule has 1 fully saturated rings. The lowest BCUT2D eigenvalue weighted by atomic mass is 9.75. The van der Waals surface area contributed by atoms with E-state index < -0.39 is 11.4 Å². The van der Waals surface area contributed by atoms with Crippen LogP contribution in [0.15, 0.2) is 0 Å². The third-order valence-corrected chi connectivity index (χ3v) is 4.86. The minimum atomic E-state index is -0.915. The van der Waals surface area contributed by atoms with Crippen molar-refractivity contribution in [1.29, 1.82) is 0 Å². The summed E-state index contributed by atoms with van der Waals surface area (Å²) in [6.45, 7) is 8.55. The van der Waals surface area contributed by atoms with Crippen LogP contribution in [-0.4, -0.2) is 35.5 Å². The van der Waals surface area contributed by atoms with Gasteiger partial charge in [-0.1, -0.05) is 13.8 Å². The second-order valence-corrected chi connectivity index (χ2v) is 7.40. The van der Waals surface area contributed by atoms with Gasteiger partial charge in [-0.15, -0.1) is 0 Å². The summed E-state index contributed by atoms with van der Waals surface area (Å²) in [5, 5.41) is 0. The second kappa shape index (κ2) is 5.80. The average molecular weight is 269 g/mol. The molecular weight excluding hydrogens is 238 g/mol. The Balaban J connectivity index is 2.54. The Labute approximate surface area is 117 Å². The molecule has 1 aliphatic rings. The average Bonchev–Trinajstić information content (AvgIpc) is 2.27. The van der Waals surface area contributed by atoms with Gasteiger partial charge >= 0.3 is 0 Å². The fourth-order valence-corrected chi connectivity index (χ4v) is 3.01. The maximum Gasteiger partial charge on any atom is 0.237 e. The number of amides is 1. The first-order chi connectivity index (χ1) is 8.55. The van der Waals surface area contributed by atoms with Crippen molar-refractivity contribution >= 4 is 5.91 Å². The first kappa shape index (κ1) is 16.4. The summed E-state index contributed by atoms with van der Waals surface area (Å²) >= 11 is 0. The van der Waals surface area contributed by atoms with Crippen LogP contribution in [0.5, 0.6) is 0 Å². The first-order valence-electron chi connectivity index (χ1n) is 7.36. The molecule has 0 spiro atoms. The molecule has 0 aliphatic heterocycles. The molecule has 0 bridgehead atoms. The van der Waals surface area contributed by atoms with Gasteiger partial charge in [0.1, 0.15) is 0 Å². The number of hydrogen-bond donors (Lipinski definition) is 2. The van der Waals surface area contributed by atoms with Crippen LogP contribution >= 0.6 is 0 Å². The van der Waals surface area contributed by atoms with Crippen molar-refractivity contribution in [1.82, 2.24) is 4.90 Å². The highest BCUT2D eigenvalue weighted by Gasteiger charge is 2.34. The van der Waals surface area contributed by atoms with Gasteiger partial charge in [-0.3, -0.25) is 4.79 Å². The van der Waals surface area contributed by atoms with E-state index >= 15 is 0 Å². The maximum atomic E-state index is 11.3. The zero-order valence-electron chi connectivity index (χ0n) is 13.2. The summed E-state index contributed by atoms with van der Waals surface area (Å²) in [5.41, 5.74) is 10.9. The second-order valence-electron chi connectivity index (χ2n) is 7.40. The van der Waals surface area contributed by atoms with Gasteiger partial charge in [-0.25, -0.2) is 0 Å². The van der Waals surface area contributed by atoms with E-state index in [4.69, 9.17) is 11.5 Å². The molecule has 4 heteroatoms. The van der Waals surface area contributed by atoms with Crippen molar-refractivity contribution in [3.05, 3.63) is 0 Å². The van der Waals surface area contributed by atoms with Crippen LogP contribution in [0, 0.1) is 5.41 Å². The summed E-state index contributed by atoms with van der Waals surface area (Å²) in [7, 11) is 2.14. The fourth-order valence-electron chi connectivity index (χ4n) is 3.01. The molecule has 0 aromatic carbocycles. The summed E-state index contributed by atoms with van der Waals surface area (Å²) in [4.78, 5) is 13.7. The molecule has 1 saturated carbocycles. The van der Waals surface area contributed by atoms with Gasteiger partial charge in [-0.05, 0) is 58.4 Å². The molecule has 0 heterocycles. The van der Waals surface area contributed by atoms with Crippen molar-refractivity contribution in [3.8, 4) is 0 Å². The van der Waals surface area contributed by atoms with Crippen molar-refractivity contribution in [2.24, 2.45) is 16.9 Å². The number of nitrogens with two attached hydrogens (primary N) is 2. The van der Waals surface area contributed by atoms with Crippen molar-refractivity contribution < 1.29 is 4.79 Å². The predicted octanol–water partition coefficient (Wildman–Crippen LogP) is 1.87. The molecule has 4 N–H and O–H groups in total. The molecule has 2 unspecified atom stereocenters. The number of nitrogens with zero attached hydrogens (tertiary/aromatic N) is 1. The van der Waals surface area contributed by atoms with E-state index in [1.807, 2.05) is 0 Å². The van der Waals surface area contributed by atoms with Gasteiger partial charge < -0.3 is 16.4 Å². The number of hydrogen-bond acceptors (Lipinski definition) is 3. The molecular formula is C15H31N3O. The molecule has 0 aromatic heterocycles. The van der Waals surface area contributed by atoms with Crippen LogP contribution in [0.2, 0.25) is 0 Å². The monoisotopic (exact) mass is 269 g/mol. The van der Waals surface area contributed by atoms with E-state index in [1.54, 1.807) is 6.92 Å². The Morgan fingerprint density at radius 2 is 1.89 bits per heavy atom. The molecule has 0 radical (unpaired) electrons. The summed E-state index contributed by atoms with van der Waals surface area (Å²) in [6, 6.07) is 0.875. The van der Waals surface area contributed by atoms with E-state index in [1.165, 1.54) is 25.7 Å². The smallest absolute Gasteiger partial charge is 0.237 e. The quantitative estimate of drug-likeness (QED) is 0.800. The van der Waals surface area contributed by atoms with Gasteiger partial charge in [0.2, 0.25) is 5.91 Å². The van der Waals surface area contributed by atoms with Crippen LogP contribution in [0.3, 0.4) is 0 Å². The summed E-state index contributed by atoms with van der Waals surface area (Å²) < 4.78 is 0. The van der Waals surface area contributed by atoms with Crippen LogP contribution in [0.25, 0.3) is 0 Å². The summed E-state index contributed by atoms with van der Waals surface area (Å²) in [6.07, 6.45) is 5.60. The number of primary amides is 1. The third kappa shape index (κ3) is 4.46. The molecule has 4 nitrogen and oxygen atoms in total. The zero-order valence-corrected chi connectivity index (χ0v) is 13.2. The first-order valence-corrected chi connectivity index (χ1v) is 7.36. The summed E-state index contributed by atoms with van der Waals surface area (Å²) in [5.74, 6) is -0.419. The van der Waals surface area contributed by atoms with Gasteiger partial charge in [-0.2, -0.15) is 0 Å². The standard InChI is InChI=1S/C15H31N3O/c1-11(10-15(4,17)13(16)19)18(5)12-6-8-14(2,3)9-7-12/h11-12H,6-10,17H2,1-5H3,(H2,16,19).